The molecular formula is C14H14N4O4. The highest BCUT2D eigenvalue weighted by atomic mass is 16.5. The lowest BCUT2D eigenvalue weighted by atomic mass is 10.1. The fraction of sp³-hybridized carbons (Fsp3) is 0.143. The van der Waals surface area contributed by atoms with E-state index in [0.29, 0.717) is 5.39 Å². The number of nitrogens with zero attached hydrogens (tertiary/aromatic N) is 1. The van der Waals surface area contributed by atoms with Crippen molar-refractivity contribution in [2.75, 3.05) is 7.11 Å². The molecule has 0 aliphatic heterocycles. The summed E-state index contributed by atoms with van der Waals surface area (Å²) in [5.74, 6) is -2.60. The van der Waals surface area contributed by atoms with Gasteiger partial charge in [-0.15, -0.1) is 0 Å². The van der Waals surface area contributed by atoms with Crippen LogP contribution >= 0.6 is 0 Å². The summed E-state index contributed by atoms with van der Waals surface area (Å²) < 4.78 is 5.14. The molecule has 1 aromatic carbocycles. The van der Waals surface area contributed by atoms with Gasteiger partial charge in [-0.05, 0) is 17.5 Å². The molecule has 0 aliphatic carbocycles. The van der Waals surface area contributed by atoms with E-state index in [1.807, 2.05) is 6.07 Å². The second kappa shape index (κ2) is 6.08. The third-order valence-electron chi connectivity index (χ3n) is 2.98. The predicted molar refractivity (Wildman–Crippen MR) is 77.9 cm³/mol. The van der Waals surface area contributed by atoms with Crippen molar-refractivity contribution in [2.45, 2.75) is 6.04 Å². The SMILES string of the molecule is COc1nc(C(=O)NC(C(N)=O)C(N)=O)cc2ccccc12. The molecule has 1 heterocycles. The third-order valence-corrected chi connectivity index (χ3v) is 2.98. The number of rotatable bonds is 5. The van der Waals surface area contributed by atoms with Gasteiger partial charge in [-0.2, -0.15) is 0 Å². The highest BCUT2D eigenvalue weighted by molar-refractivity contribution is 6.08. The molecule has 0 saturated heterocycles. The molecule has 1 aromatic heterocycles. The van der Waals surface area contributed by atoms with E-state index < -0.39 is 23.8 Å². The Kier molecular flexibility index (Phi) is 4.21. The Morgan fingerprint density at radius 3 is 2.41 bits per heavy atom. The highest BCUT2D eigenvalue weighted by Crippen LogP contribution is 2.24. The standard InChI is InChI=1S/C14H14N4O4/c1-22-14-8-5-3-2-4-7(8)6-9(17-14)13(21)18-10(11(15)19)12(16)20/h2-6,10H,1H3,(H2,15,19)(H2,16,20)(H,18,21). The number of hydrogen-bond donors (Lipinski definition) is 3. The fourth-order valence-corrected chi connectivity index (χ4v) is 1.93. The van der Waals surface area contributed by atoms with Gasteiger partial charge in [0.05, 0.1) is 7.11 Å². The predicted octanol–water partition coefficient (Wildman–Crippen LogP) is -0.688. The van der Waals surface area contributed by atoms with Gasteiger partial charge in [0.2, 0.25) is 17.7 Å². The number of carbonyl (C=O) groups excluding carboxylic acids is 3. The minimum Gasteiger partial charge on any atom is -0.481 e. The zero-order valence-corrected chi connectivity index (χ0v) is 11.7. The Labute approximate surface area is 125 Å². The van der Waals surface area contributed by atoms with Crippen LogP contribution in [0.25, 0.3) is 10.8 Å². The number of primary amides is 2. The molecule has 0 atom stereocenters. The lowest BCUT2D eigenvalue weighted by molar-refractivity contribution is -0.128. The Morgan fingerprint density at radius 2 is 1.82 bits per heavy atom. The zero-order valence-electron chi connectivity index (χ0n) is 11.7. The van der Waals surface area contributed by atoms with Gasteiger partial charge in [-0.1, -0.05) is 18.2 Å². The summed E-state index contributed by atoms with van der Waals surface area (Å²) in [7, 11) is 1.42. The topological polar surface area (TPSA) is 137 Å². The first-order chi connectivity index (χ1) is 10.4. The van der Waals surface area contributed by atoms with E-state index in [1.54, 1.807) is 18.2 Å². The van der Waals surface area contributed by atoms with Crippen molar-refractivity contribution in [2.24, 2.45) is 11.5 Å². The molecule has 8 nitrogen and oxygen atoms in total. The molecule has 0 fully saturated rings. The van der Waals surface area contributed by atoms with Crippen molar-refractivity contribution in [1.82, 2.24) is 10.3 Å². The number of fused-ring (bicyclic) bond motifs is 1. The summed E-state index contributed by atoms with van der Waals surface area (Å²) in [6.07, 6.45) is 0. The van der Waals surface area contributed by atoms with Crippen LogP contribution in [0.4, 0.5) is 0 Å². The second-order valence-electron chi connectivity index (χ2n) is 4.45. The maximum absolute atomic E-state index is 12.1. The van der Waals surface area contributed by atoms with Crippen LogP contribution in [0.5, 0.6) is 5.88 Å². The van der Waals surface area contributed by atoms with Gasteiger partial charge in [-0.3, -0.25) is 14.4 Å². The Bertz CT molecular complexity index is 746. The van der Waals surface area contributed by atoms with E-state index in [2.05, 4.69) is 10.3 Å². The fourth-order valence-electron chi connectivity index (χ4n) is 1.93. The maximum atomic E-state index is 12.1. The molecule has 0 unspecified atom stereocenters. The van der Waals surface area contributed by atoms with E-state index >= 15 is 0 Å². The van der Waals surface area contributed by atoms with Gasteiger partial charge >= 0.3 is 0 Å². The summed E-state index contributed by atoms with van der Waals surface area (Å²) in [6, 6.07) is 7.06. The van der Waals surface area contributed by atoms with Crippen molar-refractivity contribution >= 4 is 28.5 Å². The van der Waals surface area contributed by atoms with Gasteiger partial charge in [-0.25, -0.2) is 4.98 Å². The van der Waals surface area contributed by atoms with Crippen LogP contribution in [0.3, 0.4) is 0 Å². The number of nitrogens with one attached hydrogen (secondary N) is 1. The molecule has 114 valence electrons. The first-order valence-electron chi connectivity index (χ1n) is 6.27. The van der Waals surface area contributed by atoms with Crippen molar-refractivity contribution in [1.29, 1.82) is 0 Å². The van der Waals surface area contributed by atoms with E-state index in [4.69, 9.17) is 16.2 Å². The Morgan fingerprint density at radius 1 is 1.18 bits per heavy atom. The molecule has 2 aromatic rings. The Hall–Kier alpha value is -3.16. The first-order valence-corrected chi connectivity index (χ1v) is 6.27. The quantitative estimate of drug-likeness (QED) is 0.628. The van der Waals surface area contributed by atoms with Crippen LogP contribution in [-0.4, -0.2) is 35.9 Å². The van der Waals surface area contributed by atoms with Gasteiger partial charge in [0.1, 0.15) is 5.69 Å². The number of benzene rings is 1. The Balaban J connectivity index is 2.40. The van der Waals surface area contributed by atoms with Crippen LogP contribution in [0, 0.1) is 0 Å². The van der Waals surface area contributed by atoms with Gasteiger partial charge in [0.15, 0.2) is 6.04 Å². The van der Waals surface area contributed by atoms with Gasteiger partial charge < -0.3 is 21.5 Å². The molecule has 0 saturated carbocycles. The number of pyridine rings is 1. The van der Waals surface area contributed by atoms with E-state index in [-0.39, 0.29) is 11.6 Å². The maximum Gasteiger partial charge on any atom is 0.271 e. The summed E-state index contributed by atoms with van der Waals surface area (Å²) >= 11 is 0. The minimum atomic E-state index is -1.60. The van der Waals surface area contributed by atoms with E-state index in [0.717, 1.165) is 5.39 Å². The third kappa shape index (κ3) is 2.95. The summed E-state index contributed by atoms with van der Waals surface area (Å²) in [6.45, 7) is 0. The first kappa shape index (κ1) is 15.2. The molecule has 0 bridgehead atoms. The van der Waals surface area contributed by atoms with Crippen LogP contribution in [0.2, 0.25) is 0 Å². The van der Waals surface area contributed by atoms with Gasteiger partial charge in [0, 0.05) is 5.39 Å². The van der Waals surface area contributed by atoms with Crippen molar-refractivity contribution in [3.63, 3.8) is 0 Å². The summed E-state index contributed by atoms with van der Waals surface area (Å²) in [5, 5.41) is 3.58. The molecule has 8 heteroatoms. The van der Waals surface area contributed by atoms with E-state index in [1.165, 1.54) is 13.2 Å². The van der Waals surface area contributed by atoms with Crippen molar-refractivity contribution in [3.8, 4) is 5.88 Å². The highest BCUT2D eigenvalue weighted by Gasteiger charge is 2.25. The van der Waals surface area contributed by atoms with Crippen LogP contribution in [0.1, 0.15) is 10.5 Å². The number of carbonyl (C=O) groups is 3. The van der Waals surface area contributed by atoms with Crippen LogP contribution in [-0.2, 0) is 9.59 Å². The second-order valence-corrected chi connectivity index (χ2v) is 4.45. The number of nitrogens with two attached hydrogens (primary N) is 2. The molecule has 0 spiro atoms. The summed E-state index contributed by atoms with van der Waals surface area (Å²) in [4.78, 5) is 38.4. The zero-order chi connectivity index (χ0) is 16.3. The molecule has 0 radical (unpaired) electrons. The molecule has 3 amide bonds. The van der Waals surface area contributed by atoms with E-state index in [9.17, 15) is 14.4 Å². The number of methoxy groups -OCH3 is 1. The van der Waals surface area contributed by atoms with Crippen LogP contribution in [0.15, 0.2) is 30.3 Å². The van der Waals surface area contributed by atoms with Crippen LogP contribution < -0.4 is 21.5 Å². The van der Waals surface area contributed by atoms with Gasteiger partial charge in [0.25, 0.3) is 5.91 Å². The number of hydrogen-bond acceptors (Lipinski definition) is 5. The molecule has 22 heavy (non-hydrogen) atoms. The van der Waals surface area contributed by atoms with Crippen molar-refractivity contribution < 1.29 is 19.1 Å². The average Bonchev–Trinajstić information content (AvgIpc) is 2.50. The molecule has 0 aliphatic rings. The molecular weight excluding hydrogens is 288 g/mol. The lowest BCUT2D eigenvalue weighted by Gasteiger charge is -2.12. The number of aromatic nitrogens is 1. The smallest absolute Gasteiger partial charge is 0.271 e. The summed E-state index contributed by atoms with van der Waals surface area (Å²) in [5.41, 5.74) is 10.00. The largest absolute Gasteiger partial charge is 0.481 e. The number of amides is 3. The lowest BCUT2D eigenvalue weighted by Crippen LogP contribution is -2.52. The normalized spacial score (nSPS) is 10.5. The number of ether oxygens (including phenoxy) is 1. The molecule has 5 N–H and O–H groups in total. The minimum absolute atomic E-state index is 0.0250. The average molecular weight is 302 g/mol. The molecule has 2 rings (SSSR count). The van der Waals surface area contributed by atoms with Crippen molar-refractivity contribution in [3.05, 3.63) is 36.0 Å². The monoisotopic (exact) mass is 302 g/mol.